The summed E-state index contributed by atoms with van der Waals surface area (Å²) in [5.74, 6) is -0.357. The van der Waals surface area contributed by atoms with Gasteiger partial charge in [0.25, 0.3) is 5.69 Å². The molecule has 0 bridgehead atoms. The Kier molecular flexibility index (Phi) is 3.94. The Labute approximate surface area is 126 Å². The number of amides is 1. The van der Waals surface area contributed by atoms with Crippen molar-refractivity contribution in [2.24, 2.45) is 0 Å². The molecule has 0 aliphatic carbocycles. The highest BCUT2D eigenvalue weighted by atomic mass is 35.7. The summed E-state index contributed by atoms with van der Waals surface area (Å²) in [6, 6.07) is 2.72. The Morgan fingerprint density at radius 1 is 1.33 bits per heavy atom. The van der Waals surface area contributed by atoms with Crippen molar-refractivity contribution in [3.63, 3.8) is 0 Å². The highest BCUT2D eigenvalue weighted by Crippen LogP contribution is 2.34. The second kappa shape index (κ2) is 5.27. The lowest BCUT2D eigenvalue weighted by Crippen LogP contribution is -2.28. The normalized spacial score (nSPS) is 19.1. The van der Waals surface area contributed by atoms with Gasteiger partial charge in [-0.2, -0.15) is 0 Å². The fourth-order valence-electron chi connectivity index (χ4n) is 2.54. The number of non-ortho nitro benzene ring substituents is 1. The van der Waals surface area contributed by atoms with Crippen LogP contribution in [0.4, 0.5) is 11.4 Å². The van der Waals surface area contributed by atoms with E-state index in [1.165, 1.54) is 17.0 Å². The van der Waals surface area contributed by atoms with Crippen molar-refractivity contribution in [3.05, 3.63) is 33.4 Å². The largest absolute Gasteiger partial charge is 0.310 e. The Balaban J connectivity index is 2.44. The number of hydrogen-bond acceptors (Lipinski definition) is 5. The topological polar surface area (TPSA) is 97.6 Å². The van der Waals surface area contributed by atoms with Crippen molar-refractivity contribution < 1.29 is 18.1 Å². The number of halogens is 1. The van der Waals surface area contributed by atoms with Crippen LogP contribution in [0.25, 0.3) is 0 Å². The summed E-state index contributed by atoms with van der Waals surface area (Å²) >= 11 is 0. The van der Waals surface area contributed by atoms with Crippen LogP contribution in [-0.2, 0) is 13.8 Å². The van der Waals surface area contributed by atoms with Crippen LogP contribution in [0.3, 0.4) is 0 Å². The molecule has 1 amide bonds. The predicted molar refractivity (Wildman–Crippen MR) is 78.1 cm³/mol. The summed E-state index contributed by atoms with van der Waals surface area (Å²) in [5, 5.41) is 9.86. The third-order valence-corrected chi connectivity index (χ3v) is 5.31. The van der Waals surface area contributed by atoms with E-state index in [9.17, 15) is 23.3 Å². The molecule has 0 N–H and O–H groups in total. The molecular weight excluding hydrogens is 320 g/mol. The first kappa shape index (κ1) is 15.7. The van der Waals surface area contributed by atoms with Crippen LogP contribution >= 0.6 is 10.7 Å². The molecule has 1 aliphatic heterocycles. The summed E-state index contributed by atoms with van der Waals surface area (Å²) in [5.41, 5.74) is 1.53. The predicted octanol–water partition coefficient (Wildman–Crippen LogP) is 1.89. The number of aryl methyl sites for hydroxylation is 2. The van der Waals surface area contributed by atoms with Gasteiger partial charge < -0.3 is 4.90 Å². The quantitative estimate of drug-likeness (QED) is 0.478. The summed E-state index contributed by atoms with van der Waals surface area (Å²) < 4.78 is 22.7. The fraction of sp³-hybridized carbons (Fsp3) is 0.417. The maximum absolute atomic E-state index is 12.0. The SMILES string of the molecule is Cc1cc([N+](=O)[O-])cc(C)c1N1CC(S(=O)(=O)Cl)CC1=O. The highest BCUT2D eigenvalue weighted by Gasteiger charge is 2.39. The lowest BCUT2D eigenvalue weighted by Gasteiger charge is -2.21. The van der Waals surface area contributed by atoms with Crippen LogP contribution in [0.1, 0.15) is 17.5 Å². The van der Waals surface area contributed by atoms with E-state index in [1.807, 2.05) is 0 Å². The molecule has 1 unspecified atom stereocenters. The van der Waals surface area contributed by atoms with Crippen molar-refractivity contribution >= 4 is 37.0 Å². The Hall–Kier alpha value is -1.67. The molecule has 1 aromatic carbocycles. The van der Waals surface area contributed by atoms with Gasteiger partial charge in [-0.3, -0.25) is 14.9 Å². The van der Waals surface area contributed by atoms with Gasteiger partial charge in [0.1, 0.15) is 5.25 Å². The van der Waals surface area contributed by atoms with Gasteiger partial charge in [-0.25, -0.2) is 8.42 Å². The molecule has 1 heterocycles. The first-order chi connectivity index (χ1) is 9.61. The van der Waals surface area contributed by atoms with Gasteiger partial charge >= 0.3 is 0 Å². The van der Waals surface area contributed by atoms with Gasteiger partial charge in [0.2, 0.25) is 15.0 Å². The van der Waals surface area contributed by atoms with Crippen LogP contribution < -0.4 is 4.90 Å². The molecule has 114 valence electrons. The molecular formula is C12H13ClN2O5S. The highest BCUT2D eigenvalue weighted by molar-refractivity contribution is 8.14. The van der Waals surface area contributed by atoms with E-state index in [-0.39, 0.29) is 24.6 Å². The molecule has 0 spiro atoms. The van der Waals surface area contributed by atoms with Crippen molar-refractivity contribution in [3.8, 4) is 0 Å². The summed E-state index contributed by atoms with van der Waals surface area (Å²) in [6.45, 7) is 3.25. The molecule has 1 saturated heterocycles. The molecule has 21 heavy (non-hydrogen) atoms. The fourth-order valence-corrected chi connectivity index (χ4v) is 3.57. The summed E-state index contributed by atoms with van der Waals surface area (Å²) in [7, 11) is 1.49. The van der Waals surface area contributed by atoms with Crippen LogP contribution in [0.5, 0.6) is 0 Å². The number of carbonyl (C=O) groups is 1. The van der Waals surface area contributed by atoms with Crippen LogP contribution in [0, 0.1) is 24.0 Å². The van der Waals surface area contributed by atoms with Crippen LogP contribution in [0.2, 0.25) is 0 Å². The lowest BCUT2D eigenvalue weighted by molar-refractivity contribution is -0.384. The number of rotatable bonds is 3. The summed E-state index contributed by atoms with van der Waals surface area (Å²) in [4.78, 5) is 23.7. The summed E-state index contributed by atoms with van der Waals surface area (Å²) in [6.07, 6.45) is -0.179. The van der Waals surface area contributed by atoms with Crippen molar-refractivity contribution in [1.82, 2.24) is 0 Å². The van der Waals surface area contributed by atoms with E-state index in [4.69, 9.17) is 10.7 Å². The molecule has 0 saturated carbocycles. The first-order valence-electron chi connectivity index (χ1n) is 6.10. The Bertz CT molecular complexity index is 708. The number of nitrogens with zero attached hydrogens (tertiary/aromatic N) is 2. The average Bonchev–Trinajstić information content (AvgIpc) is 2.70. The van der Waals surface area contributed by atoms with E-state index in [2.05, 4.69) is 0 Å². The van der Waals surface area contributed by atoms with Gasteiger partial charge in [0, 0.05) is 41.5 Å². The number of nitro benzene ring substituents is 1. The van der Waals surface area contributed by atoms with E-state index in [0.29, 0.717) is 16.8 Å². The molecule has 9 heteroatoms. The third kappa shape index (κ3) is 3.01. The molecule has 1 aliphatic rings. The maximum atomic E-state index is 12.0. The number of hydrogen-bond donors (Lipinski definition) is 0. The van der Waals surface area contributed by atoms with E-state index in [0.717, 1.165) is 0 Å². The van der Waals surface area contributed by atoms with Crippen molar-refractivity contribution in [2.45, 2.75) is 25.5 Å². The van der Waals surface area contributed by atoms with Crippen molar-refractivity contribution in [1.29, 1.82) is 0 Å². The molecule has 2 rings (SSSR count). The van der Waals surface area contributed by atoms with E-state index in [1.54, 1.807) is 13.8 Å². The lowest BCUT2D eigenvalue weighted by atomic mass is 10.1. The zero-order valence-corrected chi connectivity index (χ0v) is 12.9. The number of carbonyl (C=O) groups excluding carboxylic acids is 1. The smallest absolute Gasteiger partial charge is 0.270 e. The first-order valence-corrected chi connectivity index (χ1v) is 8.48. The standard InChI is InChI=1S/C12H13ClN2O5S/c1-7-3-9(15(17)18)4-8(2)12(7)14-6-10(5-11(14)16)21(13,19)20/h3-4,10H,5-6H2,1-2H3. The van der Waals surface area contributed by atoms with Crippen LogP contribution in [-0.4, -0.2) is 31.0 Å². The van der Waals surface area contributed by atoms with Gasteiger partial charge in [-0.05, 0) is 25.0 Å². The molecule has 1 fully saturated rings. The minimum atomic E-state index is -3.82. The maximum Gasteiger partial charge on any atom is 0.270 e. The zero-order valence-electron chi connectivity index (χ0n) is 11.4. The van der Waals surface area contributed by atoms with E-state index < -0.39 is 19.2 Å². The van der Waals surface area contributed by atoms with Crippen LogP contribution in [0.15, 0.2) is 12.1 Å². The number of nitro groups is 1. The molecule has 1 atom stereocenters. The molecule has 1 aromatic rings. The minimum absolute atomic E-state index is 0.0375. The van der Waals surface area contributed by atoms with E-state index >= 15 is 0 Å². The third-order valence-electron chi connectivity index (χ3n) is 3.44. The Morgan fingerprint density at radius 2 is 1.86 bits per heavy atom. The number of anilines is 1. The van der Waals surface area contributed by atoms with Gasteiger partial charge in [-0.1, -0.05) is 0 Å². The molecule has 7 nitrogen and oxygen atoms in total. The van der Waals surface area contributed by atoms with Gasteiger partial charge in [0.05, 0.1) is 4.92 Å². The van der Waals surface area contributed by atoms with Crippen molar-refractivity contribution in [2.75, 3.05) is 11.4 Å². The molecule has 0 radical (unpaired) electrons. The Morgan fingerprint density at radius 3 is 2.24 bits per heavy atom. The zero-order chi connectivity index (χ0) is 15.9. The van der Waals surface area contributed by atoms with Gasteiger partial charge in [-0.15, -0.1) is 0 Å². The van der Waals surface area contributed by atoms with Gasteiger partial charge in [0.15, 0.2) is 0 Å². The number of benzene rings is 1. The second-order valence-corrected chi connectivity index (χ2v) is 7.90. The average molecular weight is 333 g/mol. The second-order valence-electron chi connectivity index (χ2n) is 4.99. The molecule has 0 aromatic heterocycles. The minimum Gasteiger partial charge on any atom is -0.310 e. The monoisotopic (exact) mass is 332 g/mol.